The Bertz CT molecular complexity index is 244. The molecule has 0 heterocycles. The molecular formula is C11H17Al. The minimum Gasteiger partial charge on any atom is -1.00 e. The first-order chi connectivity index (χ1) is 5.61. The Morgan fingerprint density at radius 2 is 1.67 bits per heavy atom. The standard InChI is InChI=1S/C11H15.Al.2H/c1-9(2)8-11-6-4-10(3)5-7-11;;;/h4-9H,1-3H3;;;/q;+2;2*-1. The van der Waals surface area contributed by atoms with Crippen molar-refractivity contribution in [2.45, 2.75) is 25.6 Å². The fourth-order valence-electron chi connectivity index (χ4n) is 1.17. The van der Waals surface area contributed by atoms with Gasteiger partial charge in [0, 0.05) is 0 Å². The van der Waals surface area contributed by atoms with Crippen LogP contribution in [0.3, 0.4) is 0 Å². The Hall–Kier alpha value is -0.248. The molecule has 0 bridgehead atoms. The van der Waals surface area contributed by atoms with Crippen molar-refractivity contribution in [3.63, 3.8) is 0 Å². The van der Waals surface area contributed by atoms with Gasteiger partial charge in [-0.1, -0.05) is 0 Å². The molecule has 0 spiro atoms. The summed E-state index contributed by atoms with van der Waals surface area (Å²) in [5.74, 6) is 0.692. The van der Waals surface area contributed by atoms with Gasteiger partial charge in [0.1, 0.15) is 0 Å². The predicted octanol–water partition coefficient (Wildman–Crippen LogP) is 3.09. The first kappa shape index (κ1) is 9.84. The Kier molecular flexibility index (Phi) is 3.38. The largest absolute Gasteiger partial charge is 1.00 e. The predicted molar refractivity (Wildman–Crippen MR) is 56.7 cm³/mol. The fraction of sp³-hybridized carbons (Fsp3) is 0.455. The van der Waals surface area contributed by atoms with Crippen molar-refractivity contribution in [1.29, 1.82) is 0 Å². The van der Waals surface area contributed by atoms with Crippen LogP contribution in [0.15, 0.2) is 24.3 Å². The van der Waals surface area contributed by atoms with Crippen LogP contribution in [0, 0.1) is 12.8 Å². The first-order valence-electron chi connectivity index (χ1n) is 4.43. The average Bonchev–Trinajstić information content (AvgIpc) is 2.04. The monoisotopic (exact) mass is 176 g/mol. The Labute approximate surface area is 86.4 Å². The molecule has 0 amide bonds. The smallest absolute Gasteiger partial charge is 1.00 e. The third-order valence-corrected chi connectivity index (χ3v) is 3.34. The summed E-state index contributed by atoms with van der Waals surface area (Å²) >= 11 is 2.90. The summed E-state index contributed by atoms with van der Waals surface area (Å²) < 4.78 is 0.589. The van der Waals surface area contributed by atoms with Gasteiger partial charge in [0.05, 0.1) is 0 Å². The number of hydrogen-bond donors (Lipinski definition) is 0. The molecular weight excluding hydrogens is 159 g/mol. The molecule has 0 fully saturated rings. The fourth-order valence-corrected chi connectivity index (χ4v) is 1.40. The average molecular weight is 176 g/mol. The molecule has 0 aromatic heterocycles. The van der Waals surface area contributed by atoms with Crippen LogP contribution in [-0.4, -0.2) is 16.3 Å². The topological polar surface area (TPSA) is 0 Å². The molecule has 0 saturated carbocycles. The molecule has 0 N–H and O–H groups in total. The zero-order valence-electron chi connectivity index (χ0n) is 10.0. The van der Waals surface area contributed by atoms with Gasteiger partial charge in [-0.05, 0) is 0 Å². The summed E-state index contributed by atoms with van der Waals surface area (Å²) in [5, 5.41) is 0. The van der Waals surface area contributed by atoms with E-state index in [0.717, 1.165) is 0 Å². The normalized spacial score (nSPS) is 13.5. The molecule has 1 heteroatoms. The van der Waals surface area contributed by atoms with Gasteiger partial charge in [0.2, 0.25) is 0 Å². The number of rotatable bonds is 2. The summed E-state index contributed by atoms with van der Waals surface area (Å²) in [5.41, 5.74) is 2.75. The maximum absolute atomic E-state index is 2.90. The Balaban J connectivity index is 0. The molecule has 1 aromatic carbocycles. The quantitative estimate of drug-likeness (QED) is 0.607. The molecule has 0 aliphatic rings. The maximum atomic E-state index is 2.90. The molecule has 0 aliphatic heterocycles. The van der Waals surface area contributed by atoms with E-state index in [4.69, 9.17) is 0 Å². The SMILES string of the molecule is Cc1ccc([CH]([Al+2])C(C)C)cc1.[H-].[H-]. The van der Waals surface area contributed by atoms with Gasteiger partial charge in [0.25, 0.3) is 0 Å². The van der Waals surface area contributed by atoms with Crippen molar-refractivity contribution in [3.8, 4) is 0 Å². The van der Waals surface area contributed by atoms with E-state index in [1.807, 2.05) is 0 Å². The van der Waals surface area contributed by atoms with E-state index in [1.165, 1.54) is 11.1 Å². The van der Waals surface area contributed by atoms with Gasteiger partial charge in [-0.25, -0.2) is 0 Å². The van der Waals surface area contributed by atoms with E-state index in [2.05, 4.69) is 61.3 Å². The van der Waals surface area contributed by atoms with E-state index < -0.39 is 0 Å². The van der Waals surface area contributed by atoms with E-state index in [0.29, 0.717) is 10.7 Å². The summed E-state index contributed by atoms with van der Waals surface area (Å²) in [7, 11) is 0. The zero-order chi connectivity index (χ0) is 9.14. The van der Waals surface area contributed by atoms with Crippen molar-refractivity contribution in [3.05, 3.63) is 35.4 Å². The third-order valence-electron chi connectivity index (χ3n) is 2.18. The van der Waals surface area contributed by atoms with Gasteiger partial charge < -0.3 is 2.85 Å². The second kappa shape index (κ2) is 4.12. The van der Waals surface area contributed by atoms with Crippen molar-refractivity contribution >= 4 is 16.3 Å². The van der Waals surface area contributed by atoms with Crippen molar-refractivity contribution in [1.82, 2.24) is 0 Å². The Morgan fingerprint density at radius 1 is 1.17 bits per heavy atom. The molecule has 1 aromatic rings. The Morgan fingerprint density at radius 3 is 2.08 bits per heavy atom. The molecule has 12 heavy (non-hydrogen) atoms. The number of benzene rings is 1. The van der Waals surface area contributed by atoms with Crippen molar-refractivity contribution in [2.24, 2.45) is 5.92 Å². The van der Waals surface area contributed by atoms with Gasteiger partial charge in [-0.15, -0.1) is 0 Å². The molecule has 0 aliphatic carbocycles. The van der Waals surface area contributed by atoms with Crippen LogP contribution in [0.4, 0.5) is 0 Å². The van der Waals surface area contributed by atoms with Crippen LogP contribution in [0.1, 0.15) is 32.6 Å². The van der Waals surface area contributed by atoms with Gasteiger partial charge in [-0.2, -0.15) is 0 Å². The molecule has 0 radical (unpaired) electrons. The van der Waals surface area contributed by atoms with E-state index in [9.17, 15) is 0 Å². The van der Waals surface area contributed by atoms with Crippen LogP contribution in [0.25, 0.3) is 0 Å². The van der Waals surface area contributed by atoms with E-state index >= 15 is 0 Å². The van der Waals surface area contributed by atoms with Crippen LogP contribution >= 0.6 is 0 Å². The van der Waals surface area contributed by atoms with Gasteiger partial charge >= 0.3 is 83.2 Å². The van der Waals surface area contributed by atoms with Crippen LogP contribution in [0.2, 0.25) is 0 Å². The molecule has 0 saturated heterocycles. The molecule has 1 unspecified atom stereocenters. The minimum absolute atomic E-state index is 0. The third kappa shape index (κ3) is 2.37. The number of hydrogen-bond acceptors (Lipinski definition) is 0. The maximum Gasteiger partial charge on any atom is -1.00 e. The van der Waals surface area contributed by atoms with E-state index in [1.54, 1.807) is 0 Å². The first-order valence-corrected chi connectivity index (χ1v) is 5.10. The van der Waals surface area contributed by atoms with Gasteiger partial charge in [0.15, 0.2) is 0 Å². The van der Waals surface area contributed by atoms with Crippen molar-refractivity contribution < 1.29 is 2.85 Å². The van der Waals surface area contributed by atoms with Crippen LogP contribution in [0.5, 0.6) is 0 Å². The second-order valence-electron chi connectivity index (χ2n) is 3.68. The van der Waals surface area contributed by atoms with Crippen LogP contribution in [-0.2, 0) is 0 Å². The summed E-state index contributed by atoms with van der Waals surface area (Å²) in [6, 6.07) is 8.78. The number of aryl methyl sites for hydroxylation is 1. The van der Waals surface area contributed by atoms with Crippen molar-refractivity contribution in [2.75, 3.05) is 0 Å². The summed E-state index contributed by atoms with van der Waals surface area (Å²) in [6.45, 7) is 6.62. The van der Waals surface area contributed by atoms with E-state index in [-0.39, 0.29) is 2.85 Å². The van der Waals surface area contributed by atoms with Crippen LogP contribution < -0.4 is 0 Å². The minimum atomic E-state index is 0. The summed E-state index contributed by atoms with van der Waals surface area (Å²) in [4.78, 5) is 0. The molecule has 0 nitrogen and oxygen atoms in total. The molecule has 64 valence electrons. The zero-order valence-corrected chi connectivity index (χ0v) is 9.20. The summed E-state index contributed by atoms with van der Waals surface area (Å²) in [6.07, 6.45) is 0. The molecule has 1 atom stereocenters. The molecule has 1 rings (SSSR count). The second-order valence-corrected chi connectivity index (χ2v) is 4.40. The van der Waals surface area contributed by atoms with Gasteiger partial charge in [-0.3, -0.25) is 0 Å².